The van der Waals surface area contributed by atoms with Crippen molar-refractivity contribution in [3.63, 3.8) is 0 Å². The fourth-order valence-electron chi connectivity index (χ4n) is 1.51. The topological polar surface area (TPSA) is 23.5 Å². The largest absolute Gasteiger partial charge is 0.393 e. The fraction of sp³-hybridized carbons (Fsp3) is 1.00. The van der Waals surface area contributed by atoms with Crippen LogP contribution in [0.4, 0.5) is 0 Å². The quantitative estimate of drug-likeness (QED) is 0.653. The molecule has 0 aromatic rings. The Hall–Kier alpha value is -0.0800. The molecule has 1 aliphatic heterocycles. The van der Waals surface area contributed by atoms with E-state index in [0.29, 0.717) is 5.92 Å². The molecule has 0 aromatic carbocycles. The highest BCUT2D eigenvalue weighted by atomic mass is 16.3. The van der Waals surface area contributed by atoms with Gasteiger partial charge < -0.3 is 10.0 Å². The Labute approximate surface area is 76.6 Å². The smallest absolute Gasteiger partial charge is 0.0541 e. The van der Waals surface area contributed by atoms with Gasteiger partial charge in [-0.05, 0) is 45.8 Å². The Kier molecular flexibility index (Phi) is 6.39. The Morgan fingerprint density at radius 1 is 1.25 bits per heavy atom. The van der Waals surface area contributed by atoms with Crippen LogP contribution in [0.5, 0.6) is 0 Å². The van der Waals surface area contributed by atoms with Crippen LogP contribution in [0.3, 0.4) is 0 Å². The Morgan fingerprint density at radius 2 is 1.67 bits per heavy atom. The van der Waals surface area contributed by atoms with Gasteiger partial charge in [-0.1, -0.05) is 13.8 Å². The Morgan fingerprint density at radius 3 is 2.00 bits per heavy atom. The maximum atomic E-state index is 9.24. The molecule has 0 aromatic heterocycles. The van der Waals surface area contributed by atoms with Crippen molar-refractivity contribution in [3.8, 4) is 0 Å². The minimum absolute atomic E-state index is 0.103. The molecular formula is C10H23NO. The number of hydrogen-bond donors (Lipinski definition) is 1. The average molecular weight is 173 g/mol. The van der Waals surface area contributed by atoms with Crippen molar-refractivity contribution in [3.05, 3.63) is 0 Å². The number of aliphatic hydroxyl groups excluding tert-OH is 1. The molecule has 2 nitrogen and oxygen atoms in total. The summed E-state index contributed by atoms with van der Waals surface area (Å²) in [5, 5.41) is 9.24. The van der Waals surface area contributed by atoms with Gasteiger partial charge in [0.25, 0.3) is 0 Å². The number of hydrogen-bond acceptors (Lipinski definition) is 2. The van der Waals surface area contributed by atoms with E-state index in [1.165, 1.54) is 0 Å². The standard InChI is InChI=1S/C8H17NO.C2H6/c1-7(10)8-3-5-9(2)6-4-8;1-2/h7-8,10H,3-6H2,1-2H3;1-2H3. The normalized spacial score (nSPS) is 22.8. The molecule has 1 unspecified atom stereocenters. The zero-order valence-corrected chi connectivity index (χ0v) is 8.88. The molecule has 0 radical (unpaired) electrons. The van der Waals surface area contributed by atoms with Crippen molar-refractivity contribution >= 4 is 0 Å². The van der Waals surface area contributed by atoms with Crippen LogP contribution in [0.2, 0.25) is 0 Å². The van der Waals surface area contributed by atoms with E-state index in [2.05, 4.69) is 11.9 Å². The van der Waals surface area contributed by atoms with Crippen LogP contribution in [0, 0.1) is 5.92 Å². The Bertz CT molecular complexity index is 96.0. The van der Waals surface area contributed by atoms with Crippen LogP contribution >= 0.6 is 0 Å². The second-order valence-electron chi connectivity index (χ2n) is 3.38. The third kappa shape index (κ3) is 4.07. The molecule has 0 spiro atoms. The van der Waals surface area contributed by atoms with Crippen LogP contribution in [0.15, 0.2) is 0 Å². The molecule has 12 heavy (non-hydrogen) atoms. The third-order valence-electron chi connectivity index (χ3n) is 2.45. The fourth-order valence-corrected chi connectivity index (χ4v) is 1.51. The third-order valence-corrected chi connectivity index (χ3v) is 2.45. The van der Waals surface area contributed by atoms with E-state index in [-0.39, 0.29) is 6.10 Å². The first-order valence-corrected chi connectivity index (χ1v) is 5.07. The molecule has 1 saturated heterocycles. The summed E-state index contributed by atoms with van der Waals surface area (Å²) < 4.78 is 0. The molecule has 1 atom stereocenters. The lowest BCUT2D eigenvalue weighted by atomic mass is 9.93. The first kappa shape index (κ1) is 11.9. The molecule has 1 heterocycles. The van der Waals surface area contributed by atoms with E-state index in [0.717, 1.165) is 25.9 Å². The van der Waals surface area contributed by atoms with Crippen molar-refractivity contribution in [1.29, 1.82) is 0 Å². The van der Waals surface area contributed by atoms with Crippen molar-refractivity contribution in [2.45, 2.75) is 39.7 Å². The Balaban J connectivity index is 0.000000561. The summed E-state index contributed by atoms with van der Waals surface area (Å²) in [4.78, 5) is 2.32. The predicted molar refractivity (Wildman–Crippen MR) is 53.2 cm³/mol. The molecule has 2 heteroatoms. The second kappa shape index (κ2) is 6.44. The average Bonchev–Trinajstić information content (AvgIpc) is 2.09. The van der Waals surface area contributed by atoms with Crippen LogP contribution < -0.4 is 0 Å². The zero-order chi connectivity index (χ0) is 9.56. The molecule has 0 amide bonds. The van der Waals surface area contributed by atoms with E-state index >= 15 is 0 Å². The number of likely N-dealkylation sites (tertiary alicyclic amines) is 1. The maximum Gasteiger partial charge on any atom is 0.0541 e. The van der Waals surface area contributed by atoms with Gasteiger partial charge in [0.05, 0.1) is 6.10 Å². The lowest BCUT2D eigenvalue weighted by Crippen LogP contribution is -2.34. The van der Waals surface area contributed by atoms with Gasteiger partial charge in [0.15, 0.2) is 0 Å². The lowest BCUT2D eigenvalue weighted by molar-refractivity contribution is 0.0798. The van der Waals surface area contributed by atoms with Crippen LogP contribution in [-0.4, -0.2) is 36.2 Å². The first-order chi connectivity index (χ1) is 5.70. The van der Waals surface area contributed by atoms with Gasteiger partial charge in [-0.15, -0.1) is 0 Å². The van der Waals surface area contributed by atoms with Crippen LogP contribution in [0.25, 0.3) is 0 Å². The monoisotopic (exact) mass is 173 g/mol. The number of rotatable bonds is 1. The van der Waals surface area contributed by atoms with Gasteiger partial charge in [0.2, 0.25) is 0 Å². The highest BCUT2D eigenvalue weighted by molar-refractivity contribution is 4.73. The van der Waals surface area contributed by atoms with E-state index in [9.17, 15) is 5.11 Å². The molecule has 0 saturated carbocycles. The summed E-state index contributed by atoms with van der Waals surface area (Å²) in [5.41, 5.74) is 0. The lowest BCUT2D eigenvalue weighted by Gasteiger charge is -2.30. The van der Waals surface area contributed by atoms with Gasteiger partial charge in [-0.25, -0.2) is 0 Å². The number of piperidine rings is 1. The highest BCUT2D eigenvalue weighted by Gasteiger charge is 2.19. The summed E-state index contributed by atoms with van der Waals surface area (Å²) in [7, 11) is 2.14. The van der Waals surface area contributed by atoms with Crippen molar-refractivity contribution in [2.24, 2.45) is 5.92 Å². The zero-order valence-electron chi connectivity index (χ0n) is 8.88. The minimum atomic E-state index is -0.103. The van der Waals surface area contributed by atoms with Gasteiger partial charge in [-0.3, -0.25) is 0 Å². The molecule has 74 valence electrons. The molecule has 1 fully saturated rings. The van der Waals surface area contributed by atoms with E-state index < -0.39 is 0 Å². The predicted octanol–water partition coefficient (Wildman–Crippen LogP) is 1.74. The molecule has 1 rings (SSSR count). The SMILES string of the molecule is CC.CC(O)C1CCN(C)CC1. The second-order valence-corrected chi connectivity index (χ2v) is 3.38. The molecule has 0 aliphatic carbocycles. The van der Waals surface area contributed by atoms with Crippen LogP contribution in [0.1, 0.15) is 33.6 Å². The summed E-state index contributed by atoms with van der Waals surface area (Å²) in [5.74, 6) is 0.552. The summed E-state index contributed by atoms with van der Waals surface area (Å²) >= 11 is 0. The first-order valence-electron chi connectivity index (χ1n) is 5.07. The molecule has 1 N–H and O–H groups in total. The number of nitrogens with zero attached hydrogens (tertiary/aromatic N) is 1. The number of aliphatic hydroxyl groups is 1. The molecule has 1 aliphatic rings. The highest BCUT2D eigenvalue weighted by Crippen LogP contribution is 2.18. The van der Waals surface area contributed by atoms with Crippen LogP contribution in [-0.2, 0) is 0 Å². The maximum absolute atomic E-state index is 9.24. The van der Waals surface area contributed by atoms with Gasteiger partial charge >= 0.3 is 0 Å². The van der Waals surface area contributed by atoms with E-state index in [1.807, 2.05) is 20.8 Å². The molecule has 0 bridgehead atoms. The summed E-state index contributed by atoms with van der Waals surface area (Å²) in [6.45, 7) is 8.20. The van der Waals surface area contributed by atoms with Gasteiger partial charge in [-0.2, -0.15) is 0 Å². The molecular weight excluding hydrogens is 150 g/mol. The van der Waals surface area contributed by atoms with Gasteiger partial charge in [0, 0.05) is 0 Å². The van der Waals surface area contributed by atoms with Crippen molar-refractivity contribution in [2.75, 3.05) is 20.1 Å². The van der Waals surface area contributed by atoms with E-state index in [1.54, 1.807) is 0 Å². The van der Waals surface area contributed by atoms with Crippen molar-refractivity contribution in [1.82, 2.24) is 4.90 Å². The van der Waals surface area contributed by atoms with E-state index in [4.69, 9.17) is 0 Å². The van der Waals surface area contributed by atoms with Gasteiger partial charge in [0.1, 0.15) is 0 Å². The summed E-state index contributed by atoms with van der Waals surface area (Å²) in [6, 6.07) is 0. The summed E-state index contributed by atoms with van der Waals surface area (Å²) in [6.07, 6.45) is 2.22. The van der Waals surface area contributed by atoms with Crippen molar-refractivity contribution < 1.29 is 5.11 Å². The minimum Gasteiger partial charge on any atom is -0.393 e.